The van der Waals surface area contributed by atoms with Gasteiger partial charge in [0.15, 0.2) is 0 Å². The van der Waals surface area contributed by atoms with Gasteiger partial charge in [-0.1, -0.05) is 143 Å². The Morgan fingerprint density at radius 1 is 0.722 bits per heavy atom. The Bertz CT molecular complexity index is 2270. The van der Waals surface area contributed by atoms with Gasteiger partial charge in [-0.3, -0.25) is 14.2 Å². The summed E-state index contributed by atoms with van der Waals surface area (Å²) < 4.78 is 21.6. The van der Waals surface area contributed by atoms with Crippen molar-refractivity contribution in [2.24, 2.45) is 0 Å². The van der Waals surface area contributed by atoms with Gasteiger partial charge in [0.05, 0.1) is 17.7 Å². The molecular weight excluding hydrogens is 748 g/mol. The number of carbonyl (C=O) groups excluding carboxylic acids is 2. The van der Waals surface area contributed by atoms with Gasteiger partial charge in [0.25, 0.3) is 11.5 Å². The first-order chi connectivity index (χ1) is 26.4. The summed E-state index contributed by atoms with van der Waals surface area (Å²) >= 11 is 3.21. The van der Waals surface area contributed by atoms with Gasteiger partial charge in [-0.25, -0.2) is 9.59 Å². The summed E-state index contributed by atoms with van der Waals surface area (Å²) in [5.74, 6) is -1.36. The van der Waals surface area contributed by atoms with E-state index in [0.717, 1.165) is 16.7 Å². The lowest BCUT2D eigenvalue weighted by atomic mass is 9.80. The van der Waals surface area contributed by atoms with Crippen LogP contribution >= 0.6 is 15.9 Å². The zero-order valence-corrected chi connectivity index (χ0v) is 30.5. The normalized spacial score (nSPS) is 17.0. The third-order valence-electron chi connectivity index (χ3n) is 9.37. The van der Waals surface area contributed by atoms with Crippen molar-refractivity contribution < 1.29 is 23.8 Å². The van der Waals surface area contributed by atoms with Crippen molar-refractivity contribution in [1.82, 2.24) is 9.13 Å². The molecule has 0 N–H and O–H groups in total. The van der Waals surface area contributed by atoms with Crippen molar-refractivity contribution in [1.29, 1.82) is 0 Å². The lowest BCUT2D eigenvalue weighted by Crippen LogP contribution is -2.45. The Kier molecular flexibility index (Phi) is 11.1. The first-order valence-electron chi connectivity index (χ1n) is 17.4. The topological polar surface area (TPSA) is 106 Å². The van der Waals surface area contributed by atoms with Gasteiger partial charge in [-0.15, -0.1) is 0 Å². The highest BCUT2D eigenvalue weighted by atomic mass is 79.9. The fourth-order valence-electron chi connectivity index (χ4n) is 6.77. The third kappa shape index (κ3) is 7.32. The average Bonchev–Trinajstić information content (AvgIpc) is 3.62. The SMILES string of the molecule is O=C(O[C@H]1C[C@H](n2cc(/C=C/Br)c(=O)n(C(=O)c3ccccc3)c2=O)O[C@@H]1COC(c1ccccc1)(c1ccccc1)c1ccccc1)c1ccccc1. The van der Waals surface area contributed by atoms with Gasteiger partial charge in [-0.05, 0) is 52.0 Å². The lowest BCUT2D eigenvalue weighted by molar-refractivity contribution is -0.0968. The van der Waals surface area contributed by atoms with Crippen LogP contribution in [0, 0.1) is 0 Å². The van der Waals surface area contributed by atoms with E-state index in [1.807, 2.05) is 91.0 Å². The number of hydrogen-bond donors (Lipinski definition) is 0. The number of rotatable bonds is 11. The highest BCUT2D eigenvalue weighted by Gasteiger charge is 2.44. The highest BCUT2D eigenvalue weighted by molar-refractivity contribution is 9.11. The molecule has 1 fully saturated rings. The number of hydrogen-bond acceptors (Lipinski definition) is 7. The lowest BCUT2D eigenvalue weighted by Gasteiger charge is -2.37. The second-order valence-corrected chi connectivity index (χ2v) is 13.2. The predicted octanol–water partition coefficient (Wildman–Crippen LogP) is 7.59. The molecule has 0 amide bonds. The third-order valence-corrected chi connectivity index (χ3v) is 9.63. The number of benzene rings is 5. The number of ether oxygens (including phenoxy) is 3. The van der Waals surface area contributed by atoms with Crippen LogP contribution < -0.4 is 11.2 Å². The highest BCUT2D eigenvalue weighted by Crippen LogP contribution is 2.42. The van der Waals surface area contributed by atoms with Gasteiger partial charge in [0.2, 0.25) is 0 Å². The molecule has 7 rings (SSSR count). The minimum absolute atomic E-state index is 0.0245. The fourth-order valence-corrected chi connectivity index (χ4v) is 7.05. The van der Waals surface area contributed by atoms with Gasteiger partial charge >= 0.3 is 11.7 Å². The Morgan fingerprint density at radius 3 is 1.70 bits per heavy atom. The van der Waals surface area contributed by atoms with Crippen LogP contribution in [0.25, 0.3) is 6.08 Å². The molecule has 3 atom stereocenters. The molecule has 54 heavy (non-hydrogen) atoms. The van der Waals surface area contributed by atoms with Crippen LogP contribution in [0.15, 0.2) is 172 Å². The van der Waals surface area contributed by atoms with Gasteiger partial charge in [-0.2, -0.15) is 4.57 Å². The molecule has 270 valence electrons. The van der Waals surface area contributed by atoms with Crippen molar-refractivity contribution in [3.8, 4) is 0 Å². The van der Waals surface area contributed by atoms with E-state index in [0.29, 0.717) is 10.1 Å². The molecule has 6 aromatic rings. The molecule has 10 heteroatoms. The largest absolute Gasteiger partial charge is 0.456 e. The smallest absolute Gasteiger partial charge is 0.340 e. The molecule has 5 aromatic carbocycles. The van der Waals surface area contributed by atoms with Crippen LogP contribution in [0.1, 0.15) is 55.6 Å². The molecule has 0 spiro atoms. The molecule has 1 aliphatic rings. The van der Waals surface area contributed by atoms with Crippen molar-refractivity contribution >= 4 is 33.9 Å². The van der Waals surface area contributed by atoms with Crippen LogP contribution in [-0.2, 0) is 19.8 Å². The van der Waals surface area contributed by atoms with Crippen LogP contribution in [0.4, 0.5) is 0 Å². The van der Waals surface area contributed by atoms with Crippen molar-refractivity contribution in [2.75, 3.05) is 6.61 Å². The second kappa shape index (κ2) is 16.4. The first kappa shape index (κ1) is 36.4. The summed E-state index contributed by atoms with van der Waals surface area (Å²) in [5.41, 5.74) is 0.368. The maximum Gasteiger partial charge on any atom is 0.340 e. The van der Waals surface area contributed by atoms with E-state index in [9.17, 15) is 19.2 Å². The van der Waals surface area contributed by atoms with Gasteiger partial charge in [0.1, 0.15) is 24.0 Å². The van der Waals surface area contributed by atoms with E-state index in [1.54, 1.807) is 48.5 Å². The summed E-state index contributed by atoms with van der Waals surface area (Å²) in [5, 5.41) is 0. The second-order valence-electron chi connectivity index (χ2n) is 12.6. The number of aromatic nitrogens is 2. The summed E-state index contributed by atoms with van der Waals surface area (Å²) in [6, 6.07) is 46.2. The summed E-state index contributed by atoms with van der Waals surface area (Å²) in [7, 11) is 0. The number of halogens is 1. The Morgan fingerprint density at radius 2 is 1.20 bits per heavy atom. The van der Waals surface area contributed by atoms with Gasteiger partial charge < -0.3 is 14.2 Å². The zero-order valence-electron chi connectivity index (χ0n) is 28.9. The molecule has 0 saturated carbocycles. The predicted molar refractivity (Wildman–Crippen MR) is 208 cm³/mol. The molecule has 1 aliphatic heterocycles. The van der Waals surface area contributed by atoms with E-state index in [-0.39, 0.29) is 24.2 Å². The van der Waals surface area contributed by atoms with E-state index in [1.165, 1.54) is 34.0 Å². The van der Waals surface area contributed by atoms with Gasteiger partial charge in [0, 0.05) is 18.2 Å². The summed E-state index contributed by atoms with van der Waals surface area (Å²) in [6.45, 7) is -0.0760. The maximum absolute atomic E-state index is 14.1. The van der Waals surface area contributed by atoms with Crippen LogP contribution in [-0.4, -0.2) is 39.8 Å². The van der Waals surface area contributed by atoms with E-state index >= 15 is 0 Å². The van der Waals surface area contributed by atoms with Crippen LogP contribution in [0.2, 0.25) is 0 Å². The average molecular weight is 784 g/mol. The summed E-state index contributed by atoms with van der Waals surface area (Å²) in [6.07, 6.45) is 0.00128. The fraction of sp³-hybridized carbons (Fsp3) is 0.136. The zero-order chi connectivity index (χ0) is 37.5. The molecule has 0 aliphatic carbocycles. The van der Waals surface area contributed by atoms with E-state index < -0.39 is 47.2 Å². The van der Waals surface area contributed by atoms with Crippen molar-refractivity contribution in [3.63, 3.8) is 0 Å². The quantitative estimate of drug-likeness (QED) is 0.0986. The number of nitrogens with zero attached hydrogens (tertiary/aromatic N) is 2. The standard InChI is InChI=1S/C44H35BrN2O7/c45-27-26-33-29-46(43(51)47(41(33)49)40(48)31-16-6-1-7-17-31)39-28-37(54-42(50)32-18-8-2-9-19-32)38(53-39)30-52-44(34-20-10-3-11-21-34,35-22-12-4-13-23-35)36-24-14-5-15-25-36/h1-27,29,37-39H,28,30H2/b27-26+/t37-,38+,39+/m0/s1. The summed E-state index contributed by atoms with van der Waals surface area (Å²) in [4.78, 5) is 56.3. The number of carbonyl (C=O) groups is 2. The van der Waals surface area contributed by atoms with E-state index in [2.05, 4.69) is 15.9 Å². The maximum atomic E-state index is 14.1. The minimum atomic E-state index is -1.11. The Balaban J connectivity index is 1.31. The Hall–Kier alpha value is -5.94. The van der Waals surface area contributed by atoms with Crippen molar-refractivity contribution in [3.05, 3.63) is 217 Å². The van der Waals surface area contributed by atoms with Crippen LogP contribution in [0.3, 0.4) is 0 Å². The molecule has 0 radical (unpaired) electrons. The molecule has 1 aromatic heterocycles. The first-order valence-corrected chi connectivity index (χ1v) is 18.3. The molecular formula is C44H35BrN2O7. The molecule has 0 bridgehead atoms. The molecule has 9 nitrogen and oxygen atoms in total. The molecule has 1 saturated heterocycles. The Labute approximate surface area is 319 Å². The molecule has 2 heterocycles. The van der Waals surface area contributed by atoms with Crippen LogP contribution in [0.5, 0.6) is 0 Å². The minimum Gasteiger partial charge on any atom is -0.456 e. The number of esters is 1. The monoisotopic (exact) mass is 782 g/mol. The van der Waals surface area contributed by atoms with E-state index in [4.69, 9.17) is 14.2 Å². The molecule has 0 unspecified atom stereocenters. The van der Waals surface area contributed by atoms with Crippen molar-refractivity contribution in [2.45, 2.75) is 30.5 Å².